The molecule has 3 nitrogen and oxygen atoms in total. The molecule has 21 heavy (non-hydrogen) atoms. The Morgan fingerprint density at radius 3 is 2.24 bits per heavy atom. The SMILES string of the molecule is CCOCCN(C)CC1(CNC(C)(C)C)CCCCCC1. The van der Waals surface area contributed by atoms with Gasteiger partial charge in [0, 0.05) is 31.8 Å². The van der Waals surface area contributed by atoms with Gasteiger partial charge in [0.1, 0.15) is 0 Å². The summed E-state index contributed by atoms with van der Waals surface area (Å²) in [4.78, 5) is 2.48. The second-order valence-corrected chi connectivity index (χ2v) is 7.95. The molecule has 1 aliphatic rings. The van der Waals surface area contributed by atoms with Crippen molar-refractivity contribution in [1.29, 1.82) is 0 Å². The first-order valence-electron chi connectivity index (χ1n) is 8.88. The smallest absolute Gasteiger partial charge is 0.0593 e. The predicted octanol–water partition coefficient (Wildman–Crippen LogP) is 3.68. The van der Waals surface area contributed by atoms with E-state index in [-0.39, 0.29) is 5.54 Å². The van der Waals surface area contributed by atoms with Crippen molar-refractivity contribution < 1.29 is 4.74 Å². The van der Waals surface area contributed by atoms with Gasteiger partial charge < -0.3 is 15.0 Å². The summed E-state index contributed by atoms with van der Waals surface area (Å²) >= 11 is 0. The Bertz CT molecular complexity index is 265. The van der Waals surface area contributed by atoms with Crippen LogP contribution in [0.5, 0.6) is 0 Å². The highest BCUT2D eigenvalue weighted by Crippen LogP contribution is 2.35. The molecule has 1 aliphatic carbocycles. The van der Waals surface area contributed by atoms with Crippen LogP contribution >= 0.6 is 0 Å². The molecule has 1 N–H and O–H groups in total. The Kier molecular flexibility index (Phi) is 8.22. The molecule has 0 aliphatic heterocycles. The number of rotatable bonds is 8. The Labute approximate surface area is 132 Å². The minimum atomic E-state index is 0.212. The molecule has 3 heteroatoms. The lowest BCUT2D eigenvalue weighted by atomic mass is 9.79. The van der Waals surface area contributed by atoms with Crippen LogP contribution in [0.2, 0.25) is 0 Å². The van der Waals surface area contributed by atoms with Crippen LogP contribution in [0.25, 0.3) is 0 Å². The highest BCUT2D eigenvalue weighted by Gasteiger charge is 2.33. The fourth-order valence-corrected chi connectivity index (χ4v) is 3.34. The summed E-state index contributed by atoms with van der Waals surface area (Å²) in [6.45, 7) is 14.0. The standard InChI is InChI=1S/C18H38N2O/c1-6-21-14-13-20(5)16-18(15-19-17(2,3)4)11-9-7-8-10-12-18/h19H,6-16H2,1-5H3. The van der Waals surface area contributed by atoms with Gasteiger partial charge in [-0.3, -0.25) is 0 Å². The van der Waals surface area contributed by atoms with Gasteiger partial charge in [0.05, 0.1) is 6.61 Å². The zero-order valence-corrected chi connectivity index (χ0v) is 15.1. The van der Waals surface area contributed by atoms with Crippen LogP contribution in [-0.4, -0.2) is 50.3 Å². The van der Waals surface area contributed by atoms with Crippen molar-refractivity contribution in [3.8, 4) is 0 Å². The van der Waals surface area contributed by atoms with Crippen LogP contribution in [0.4, 0.5) is 0 Å². The van der Waals surface area contributed by atoms with E-state index in [1.54, 1.807) is 0 Å². The third-order valence-electron chi connectivity index (χ3n) is 4.58. The third kappa shape index (κ3) is 8.18. The summed E-state index contributed by atoms with van der Waals surface area (Å²) in [5, 5.41) is 3.77. The maximum atomic E-state index is 5.51. The molecule has 1 rings (SSSR count). The zero-order chi connectivity index (χ0) is 15.8. The molecular weight excluding hydrogens is 260 g/mol. The molecule has 0 bridgehead atoms. The van der Waals surface area contributed by atoms with Gasteiger partial charge in [-0.15, -0.1) is 0 Å². The summed E-state index contributed by atoms with van der Waals surface area (Å²) in [5.74, 6) is 0. The maximum absolute atomic E-state index is 5.51. The molecule has 0 aromatic rings. The van der Waals surface area contributed by atoms with E-state index in [2.05, 4.69) is 45.0 Å². The van der Waals surface area contributed by atoms with Crippen molar-refractivity contribution >= 4 is 0 Å². The zero-order valence-electron chi connectivity index (χ0n) is 15.1. The van der Waals surface area contributed by atoms with Crippen LogP contribution in [-0.2, 0) is 4.74 Å². The van der Waals surface area contributed by atoms with E-state index in [0.29, 0.717) is 5.41 Å². The Morgan fingerprint density at radius 2 is 1.71 bits per heavy atom. The molecule has 0 amide bonds. The molecular formula is C18H38N2O. The van der Waals surface area contributed by atoms with Gasteiger partial charge in [-0.25, -0.2) is 0 Å². The van der Waals surface area contributed by atoms with E-state index in [1.807, 2.05) is 0 Å². The number of nitrogens with zero attached hydrogens (tertiary/aromatic N) is 1. The van der Waals surface area contributed by atoms with E-state index in [0.717, 1.165) is 26.3 Å². The van der Waals surface area contributed by atoms with E-state index >= 15 is 0 Å². The minimum absolute atomic E-state index is 0.212. The molecule has 1 fully saturated rings. The van der Waals surface area contributed by atoms with Crippen LogP contribution < -0.4 is 5.32 Å². The molecule has 0 unspecified atom stereocenters. The Morgan fingerprint density at radius 1 is 1.10 bits per heavy atom. The minimum Gasteiger partial charge on any atom is -0.380 e. The number of hydrogen-bond acceptors (Lipinski definition) is 3. The lowest BCUT2D eigenvalue weighted by Gasteiger charge is -2.39. The van der Waals surface area contributed by atoms with Crippen LogP contribution in [0.3, 0.4) is 0 Å². The highest BCUT2D eigenvalue weighted by atomic mass is 16.5. The van der Waals surface area contributed by atoms with Gasteiger partial charge in [-0.2, -0.15) is 0 Å². The number of likely N-dealkylation sites (N-methyl/N-ethyl adjacent to an activating group) is 1. The maximum Gasteiger partial charge on any atom is 0.0593 e. The fraction of sp³-hybridized carbons (Fsp3) is 1.00. The van der Waals surface area contributed by atoms with Crippen molar-refractivity contribution in [2.45, 2.75) is 71.8 Å². The van der Waals surface area contributed by atoms with Crippen LogP contribution in [0, 0.1) is 5.41 Å². The third-order valence-corrected chi connectivity index (χ3v) is 4.58. The highest BCUT2D eigenvalue weighted by molar-refractivity contribution is 4.88. The van der Waals surface area contributed by atoms with Gasteiger partial charge >= 0.3 is 0 Å². The van der Waals surface area contributed by atoms with Gasteiger partial charge in [0.25, 0.3) is 0 Å². The Hall–Kier alpha value is -0.120. The summed E-state index contributed by atoms with van der Waals surface area (Å²) in [7, 11) is 2.25. The first-order valence-corrected chi connectivity index (χ1v) is 8.88. The van der Waals surface area contributed by atoms with Crippen molar-refractivity contribution in [1.82, 2.24) is 10.2 Å². The van der Waals surface area contributed by atoms with Crippen molar-refractivity contribution in [2.24, 2.45) is 5.41 Å². The van der Waals surface area contributed by atoms with Crippen molar-refractivity contribution in [3.05, 3.63) is 0 Å². The molecule has 0 spiro atoms. The molecule has 126 valence electrons. The predicted molar refractivity (Wildman–Crippen MR) is 91.9 cm³/mol. The lowest BCUT2D eigenvalue weighted by Crippen LogP contribution is -2.48. The monoisotopic (exact) mass is 298 g/mol. The molecule has 0 saturated heterocycles. The van der Waals surface area contributed by atoms with Gasteiger partial charge in [0.15, 0.2) is 0 Å². The first kappa shape index (κ1) is 18.9. The van der Waals surface area contributed by atoms with Crippen LogP contribution in [0.1, 0.15) is 66.2 Å². The average Bonchev–Trinajstić information content (AvgIpc) is 2.62. The second-order valence-electron chi connectivity index (χ2n) is 7.95. The average molecular weight is 299 g/mol. The summed E-state index contributed by atoms with van der Waals surface area (Å²) in [5.41, 5.74) is 0.661. The summed E-state index contributed by atoms with van der Waals surface area (Å²) in [6, 6.07) is 0. The van der Waals surface area contributed by atoms with E-state index in [1.165, 1.54) is 45.1 Å². The van der Waals surface area contributed by atoms with E-state index < -0.39 is 0 Å². The second kappa shape index (κ2) is 9.12. The van der Waals surface area contributed by atoms with Crippen molar-refractivity contribution in [2.75, 3.05) is 39.9 Å². The summed E-state index contributed by atoms with van der Waals surface area (Å²) in [6.07, 6.45) is 8.36. The number of ether oxygens (including phenoxy) is 1. The van der Waals surface area contributed by atoms with E-state index in [9.17, 15) is 0 Å². The number of hydrogen-bond donors (Lipinski definition) is 1. The normalized spacial score (nSPS) is 19.7. The number of nitrogens with one attached hydrogen (secondary N) is 1. The van der Waals surface area contributed by atoms with Crippen molar-refractivity contribution in [3.63, 3.8) is 0 Å². The molecule has 0 atom stereocenters. The molecule has 0 aromatic heterocycles. The Balaban J connectivity index is 2.57. The fourth-order valence-electron chi connectivity index (χ4n) is 3.34. The summed E-state index contributed by atoms with van der Waals surface area (Å²) < 4.78 is 5.51. The molecule has 0 heterocycles. The topological polar surface area (TPSA) is 24.5 Å². The molecule has 1 saturated carbocycles. The first-order chi connectivity index (χ1) is 9.87. The lowest BCUT2D eigenvalue weighted by molar-refractivity contribution is 0.0891. The molecule has 0 aromatic carbocycles. The van der Waals surface area contributed by atoms with Crippen LogP contribution in [0.15, 0.2) is 0 Å². The quantitative estimate of drug-likeness (QED) is 0.546. The largest absolute Gasteiger partial charge is 0.380 e. The molecule has 0 radical (unpaired) electrons. The van der Waals surface area contributed by atoms with Gasteiger partial charge in [-0.1, -0.05) is 25.7 Å². The van der Waals surface area contributed by atoms with Gasteiger partial charge in [0.2, 0.25) is 0 Å². The van der Waals surface area contributed by atoms with E-state index in [4.69, 9.17) is 4.74 Å². The van der Waals surface area contributed by atoms with Gasteiger partial charge in [-0.05, 0) is 53.0 Å².